The fourth-order valence-electron chi connectivity index (χ4n) is 1.46. The summed E-state index contributed by atoms with van der Waals surface area (Å²) in [6.07, 6.45) is 0.777. The Morgan fingerprint density at radius 1 is 1.24 bits per heavy atom. The zero-order valence-electron chi connectivity index (χ0n) is 11.5. The van der Waals surface area contributed by atoms with Crippen molar-refractivity contribution in [3.05, 3.63) is 5.82 Å². The largest absolute Gasteiger partial charge is 0.479 e. The van der Waals surface area contributed by atoms with Crippen LogP contribution in [-0.2, 0) is 6.42 Å². The van der Waals surface area contributed by atoms with E-state index in [1.165, 1.54) is 0 Å². The molecule has 0 saturated heterocycles. The van der Waals surface area contributed by atoms with E-state index in [-0.39, 0.29) is 5.54 Å². The molecule has 5 heteroatoms. The minimum atomic E-state index is -0.0595. The minimum absolute atomic E-state index is 0.0595. The predicted octanol–water partition coefficient (Wildman–Crippen LogP) is 2.30. The molecule has 1 rings (SSSR count). The molecule has 0 bridgehead atoms. The standard InChI is InChI=1S/C12H22N4O/c1-7-8-14-10(16-12(2,3)4)9(13-5)11(15-8)17-6/h13H,7H2,1-6H3,(H,14,15,16). The van der Waals surface area contributed by atoms with Crippen molar-refractivity contribution in [1.29, 1.82) is 0 Å². The highest BCUT2D eigenvalue weighted by Gasteiger charge is 2.18. The summed E-state index contributed by atoms with van der Waals surface area (Å²) in [5.74, 6) is 2.13. The van der Waals surface area contributed by atoms with Gasteiger partial charge in [0.05, 0.1) is 7.11 Å². The molecule has 1 aromatic heterocycles. The van der Waals surface area contributed by atoms with Crippen LogP contribution >= 0.6 is 0 Å². The molecule has 0 saturated carbocycles. The molecule has 96 valence electrons. The van der Waals surface area contributed by atoms with E-state index >= 15 is 0 Å². The van der Waals surface area contributed by atoms with Crippen LogP contribution in [0.4, 0.5) is 11.5 Å². The van der Waals surface area contributed by atoms with Crippen molar-refractivity contribution in [2.24, 2.45) is 0 Å². The molecule has 0 unspecified atom stereocenters. The Balaban J connectivity index is 3.24. The Labute approximate surface area is 103 Å². The smallest absolute Gasteiger partial charge is 0.242 e. The molecule has 1 heterocycles. The molecule has 1 aromatic rings. The highest BCUT2D eigenvalue weighted by molar-refractivity contribution is 5.70. The van der Waals surface area contributed by atoms with Crippen molar-refractivity contribution in [2.45, 2.75) is 39.7 Å². The van der Waals surface area contributed by atoms with E-state index in [1.807, 2.05) is 14.0 Å². The van der Waals surface area contributed by atoms with Gasteiger partial charge in [-0.3, -0.25) is 0 Å². The first kappa shape index (κ1) is 13.5. The SMILES string of the molecule is CCc1nc(NC(C)(C)C)c(NC)c(OC)n1. The van der Waals surface area contributed by atoms with E-state index in [4.69, 9.17) is 4.74 Å². The normalized spacial score (nSPS) is 11.2. The summed E-state index contributed by atoms with van der Waals surface area (Å²) in [4.78, 5) is 8.83. The average molecular weight is 238 g/mol. The van der Waals surface area contributed by atoms with Crippen LogP contribution in [0.1, 0.15) is 33.5 Å². The van der Waals surface area contributed by atoms with Gasteiger partial charge in [0.1, 0.15) is 11.5 Å². The van der Waals surface area contributed by atoms with Crippen molar-refractivity contribution in [1.82, 2.24) is 9.97 Å². The van der Waals surface area contributed by atoms with Crippen molar-refractivity contribution < 1.29 is 4.74 Å². The molecule has 0 amide bonds. The van der Waals surface area contributed by atoms with Gasteiger partial charge in [0.2, 0.25) is 5.88 Å². The summed E-state index contributed by atoms with van der Waals surface area (Å²) in [7, 11) is 3.45. The second-order valence-electron chi connectivity index (χ2n) is 4.85. The Kier molecular flexibility index (Phi) is 4.15. The third-order valence-corrected chi connectivity index (χ3v) is 2.18. The topological polar surface area (TPSA) is 59.1 Å². The first-order valence-electron chi connectivity index (χ1n) is 5.82. The van der Waals surface area contributed by atoms with E-state index in [1.54, 1.807) is 7.11 Å². The summed E-state index contributed by atoms with van der Waals surface area (Å²) in [5, 5.41) is 6.43. The number of ether oxygens (including phenoxy) is 1. The quantitative estimate of drug-likeness (QED) is 0.843. The first-order valence-corrected chi connectivity index (χ1v) is 5.82. The van der Waals surface area contributed by atoms with Crippen molar-refractivity contribution in [3.63, 3.8) is 0 Å². The molecule has 0 aliphatic carbocycles. The van der Waals surface area contributed by atoms with Crippen LogP contribution < -0.4 is 15.4 Å². The Morgan fingerprint density at radius 3 is 2.29 bits per heavy atom. The van der Waals surface area contributed by atoms with Crippen LogP contribution in [-0.4, -0.2) is 29.7 Å². The summed E-state index contributed by atoms with van der Waals surface area (Å²) < 4.78 is 5.28. The molecular weight excluding hydrogens is 216 g/mol. The first-order chi connectivity index (χ1) is 7.91. The van der Waals surface area contributed by atoms with E-state index in [2.05, 4.69) is 41.4 Å². The van der Waals surface area contributed by atoms with Crippen molar-refractivity contribution in [2.75, 3.05) is 24.8 Å². The third kappa shape index (κ3) is 3.47. The van der Waals surface area contributed by atoms with Gasteiger partial charge in [-0.15, -0.1) is 0 Å². The van der Waals surface area contributed by atoms with E-state index in [0.29, 0.717) is 5.88 Å². The number of methoxy groups -OCH3 is 1. The number of anilines is 2. The Hall–Kier alpha value is -1.52. The lowest BCUT2D eigenvalue weighted by molar-refractivity contribution is 0.397. The van der Waals surface area contributed by atoms with Crippen LogP contribution in [0.5, 0.6) is 5.88 Å². The molecular formula is C12H22N4O. The molecule has 0 aliphatic rings. The van der Waals surface area contributed by atoms with Crippen LogP contribution in [0.25, 0.3) is 0 Å². The maximum Gasteiger partial charge on any atom is 0.242 e. The summed E-state index contributed by atoms with van der Waals surface area (Å²) >= 11 is 0. The highest BCUT2D eigenvalue weighted by Crippen LogP contribution is 2.30. The number of hydrogen-bond acceptors (Lipinski definition) is 5. The molecule has 0 aliphatic heterocycles. The maximum atomic E-state index is 5.28. The van der Waals surface area contributed by atoms with Crippen LogP contribution in [0.3, 0.4) is 0 Å². The fourth-order valence-corrected chi connectivity index (χ4v) is 1.46. The summed E-state index contributed by atoms with van der Waals surface area (Å²) in [6, 6.07) is 0. The molecule has 2 N–H and O–H groups in total. The van der Waals surface area contributed by atoms with Crippen LogP contribution in [0.15, 0.2) is 0 Å². The molecule has 0 atom stereocenters. The van der Waals surface area contributed by atoms with E-state index < -0.39 is 0 Å². The zero-order valence-corrected chi connectivity index (χ0v) is 11.5. The summed E-state index contributed by atoms with van der Waals surface area (Å²) in [5.41, 5.74) is 0.732. The second-order valence-corrected chi connectivity index (χ2v) is 4.85. The van der Waals surface area contributed by atoms with Gasteiger partial charge in [0.15, 0.2) is 5.82 Å². The number of nitrogens with zero attached hydrogens (tertiary/aromatic N) is 2. The average Bonchev–Trinajstić information content (AvgIpc) is 2.25. The zero-order chi connectivity index (χ0) is 13.1. The molecule has 5 nitrogen and oxygen atoms in total. The van der Waals surface area contributed by atoms with Gasteiger partial charge in [-0.1, -0.05) is 6.92 Å². The predicted molar refractivity (Wildman–Crippen MR) is 70.9 cm³/mol. The molecule has 0 aromatic carbocycles. The molecule has 0 radical (unpaired) electrons. The van der Waals surface area contributed by atoms with Gasteiger partial charge >= 0.3 is 0 Å². The highest BCUT2D eigenvalue weighted by atomic mass is 16.5. The van der Waals surface area contributed by atoms with Gasteiger partial charge in [-0.2, -0.15) is 4.98 Å². The van der Waals surface area contributed by atoms with Gasteiger partial charge in [0, 0.05) is 19.0 Å². The van der Waals surface area contributed by atoms with Gasteiger partial charge in [0.25, 0.3) is 0 Å². The van der Waals surface area contributed by atoms with Gasteiger partial charge < -0.3 is 15.4 Å². The lowest BCUT2D eigenvalue weighted by atomic mass is 10.1. The fraction of sp³-hybridized carbons (Fsp3) is 0.667. The number of aromatic nitrogens is 2. The molecule has 17 heavy (non-hydrogen) atoms. The van der Waals surface area contributed by atoms with E-state index in [9.17, 15) is 0 Å². The van der Waals surface area contributed by atoms with Gasteiger partial charge in [-0.05, 0) is 20.8 Å². The summed E-state index contributed by atoms with van der Waals surface area (Å²) in [6.45, 7) is 8.29. The van der Waals surface area contributed by atoms with Gasteiger partial charge in [-0.25, -0.2) is 4.98 Å². The van der Waals surface area contributed by atoms with Crippen molar-refractivity contribution in [3.8, 4) is 5.88 Å². The Bertz CT molecular complexity index is 385. The Morgan fingerprint density at radius 2 is 1.88 bits per heavy atom. The molecule has 0 fully saturated rings. The minimum Gasteiger partial charge on any atom is -0.479 e. The maximum absolute atomic E-state index is 5.28. The lowest BCUT2D eigenvalue weighted by Crippen LogP contribution is -2.27. The van der Waals surface area contributed by atoms with Crippen LogP contribution in [0.2, 0.25) is 0 Å². The number of nitrogens with one attached hydrogen (secondary N) is 2. The monoisotopic (exact) mass is 238 g/mol. The lowest BCUT2D eigenvalue weighted by Gasteiger charge is -2.24. The molecule has 0 spiro atoms. The number of hydrogen-bond donors (Lipinski definition) is 2. The third-order valence-electron chi connectivity index (χ3n) is 2.18. The number of rotatable bonds is 4. The second kappa shape index (κ2) is 5.21. The van der Waals surface area contributed by atoms with E-state index in [0.717, 1.165) is 23.8 Å². The van der Waals surface area contributed by atoms with Crippen LogP contribution in [0, 0.1) is 0 Å². The number of aryl methyl sites for hydroxylation is 1. The van der Waals surface area contributed by atoms with Crippen molar-refractivity contribution >= 4 is 11.5 Å².